The molecule has 1 aliphatic carbocycles. The number of benzene rings is 2. The molecule has 3 nitrogen and oxygen atoms in total. The second-order valence-corrected chi connectivity index (χ2v) is 6.56. The smallest absolute Gasteiger partial charge is 0.110 e. The number of hydrogen-bond acceptors (Lipinski definition) is 2. The Bertz CT molecular complexity index is 834. The van der Waals surface area contributed by atoms with E-state index in [1.54, 1.807) is 0 Å². The fourth-order valence-electron chi connectivity index (χ4n) is 3.65. The van der Waals surface area contributed by atoms with E-state index >= 15 is 0 Å². The van der Waals surface area contributed by atoms with Crippen LogP contribution < -0.4 is 5.32 Å². The molecule has 1 aliphatic rings. The Kier molecular flexibility index (Phi) is 4.18. The molecule has 4 rings (SSSR count). The Hall–Kier alpha value is -2.39. The summed E-state index contributed by atoms with van der Waals surface area (Å²) in [5.41, 5.74) is 5.55. The molecule has 1 heterocycles. The lowest BCUT2D eigenvalue weighted by Crippen LogP contribution is -2.34. The van der Waals surface area contributed by atoms with Gasteiger partial charge in [-0.15, -0.1) is 0 Å². The maximum absolute atomic E-state index is 4.35. The van der Waals surface area contributed by atoms with E-state index in [0.29, 0.717) is 6.04 Å². The summed E-state index contributed by atoms with van der Waals surface area (Å²) in [4.78, 5) is 4.35. The van der Waals surface area contributed by atoms with Crippen LogP contribution in [0.3, 0.4) is 0 Å². The minimum atomic E-state index is 0.553. The molecule has 0 saturated heterocycles. The monoisotopic (exact) mass is 317 g/mol. The zero-order valence-electron chi connectivity index (χ0n) is 14.1. The molecule has 0 radical (unpaired) electrons. The maximum Gasteiger partial charge on any atom is 0.110 e. The Morgan fingerprint density at radius 1 is 1.08 bits per heavy atom. The van der Waals surface area contributed by atoms with Gasteiger partial charge in [0, 0.05) is 25.0 Å². The first-order valence-electron chi connectivity index (χ1n) is 8.69. The van der Waals surface area contributed by atoms with Crippen molar-refractivity contribution in [1.29, 1.82) is 0 Å². The van der Waals surface area contributed by atoms with Gasteiger partial charge in [0.25, 0.3) is 0 Å². The van der Waals surface area contributed by atoms with Crippen molar-refractivity contribution in [3.05, 3.63) is 83.4 Å². The molecule has 24 heavy (non-hydrogen) atoms. The second kappa shape index (κ2) is 6.62. The Balaban J connectivity index is 1.49. The number of para-hydroxylation sites is 1. The summed E-state index contributed by atoms with van der Waals surface area (Å²) in [5, 5.41) is 3.77. The fraction of sp³-hybridized carbons (Fsp3) is 0.286. The molecule has 0 fully saturated rings. The van der Waals surface area contributed by atoms with Crippen LogP contribution in [0, 0.1) is 6.92 Å². The van der Waals surface area contributed by atoms with Crippen LogP contribution in [0.1, 0.15) is 28.9 Å². The summed E-state index contributed by atoms with van der Waals surface area (Å²) in [6, 6.07) is 18.0. The van der Waals surface area contributed by atoms with Gasteiger partial charge in [0.1, 0.15) is 5.82 Å². The molecule has 0 bridgehead atoms. The number of nitrogens with one attached hydrogen (secondary N) is 1. The summed E-state index contributed by atoms with van der Waals surface area (Å²) in [7, 11) is 0. The molecule has 0 spiro atoms. The number of aromatic nitrogens is 2. The molecule has 1 unspecified atom stereocenters. The van der Waals surface area contributed by atoms with Gasteiger partial charge in [-0.1, -0.05) is 42.5 Å². The third-order valence-corrected chi connectivity index (χ3v) is 5.00. The van der Waals surface area contributed by atoms with Crippen molar-refractivity contribution in [3.8, 4) is 5.69 Å². The molecule has 1 N–H and O–H groups in total. The van der Waals surface area contributed by atoms with Crippen LogP contribution in [0.5, 0.6) is 0 Å². The highest BCUT2D eigenvalue weighted by Gasteiger charge is 2.18. The van der Waals surface area contributed by atoms with Crippen molar-refractivity contribution in [2.24, 2.45) is 0 Å². The van der Waals surface area contributed by atoms with E-state index in [0.717, 1.165) is 18.8 Å². The van der Waals surface area contributed by atoms with Crippen LogP contribution in [0.25, 0.3) is 5.69 Å². The first-order valence-corrected chi connectivity index (χ1v) is 8.69. The van der Waals surface area contributed by atoms with Gasteiger partial charge in [-0.25, -0.2) is 4.98 Å². The number of nitrogens with zero attached hydrogens (tertiary/aromatic N) is 2. The van der Waals surface area contributed by atoms with Gasteiger partial charge < -0.3 is 9.88 Å². The van der Waals surface area contributed by atoms with Crippen LogP contribution >= 0.6 is 0 Å². The molecule has 3 heteroatoms. The molecule has 0 saturated carbocycles. The average Bonchev–Trinajstić information content (AvgIpc) is 3.06. The summed E-state index contributed by atoms with van der Waals surface area (Å²) < 4.78 is 2.16. The van der Waals surface area contributed by atoms with Gasteiger partial charge in [-0.3, -0.25) is 0 Å². The number of rotatable bonds is 4. The van der Waals surface area contributed by atoms with Crippen LogP contribution in [-0.2, 0) is 19.4 Å². The van der Waals surface area contributed by atoms with E-state index in [1.165, 1.54) is 35.2 Å². The number of imidazole rings is 1. The van der Waals surface area contributed by atoms with Crippen LogP contribution in [0.2, 0.25) is 0 Å². The molecular formula is C21H23N3. The standard InChI is InChI=1S/C21H23N3/c1-16-22-12-13-24(16)21-9-5-4-8-19(21)15-23-20-11-10-17-6-2-3-7-18(17)14-20/h2-9,12-13,20,23H,10-11,14-15H2,1H3. The Labute approximate surface area is 143 Å². The van der Waals surface area contributed by atoms with Gasteiger partial charge in [0.05, 0.1) is 5.69 Å². The highest BCUT2D eigenvalue weighted by Crippen LogP contribution is 2.22. The minimum absolute atomic E-state index is 0.553. The minimum Gasteiger partial charge on any atom is -0.310 e. The second-order valence-electron chi connectivity index (χ2n) is 6.56. The molecule has 122 valence electrons. The molecule has 1 atom stereocenters. The SMILES string of the molecule is Cc1nccn1-c1ccccc1CNC1CCc2ccccc2C1. The predicted molar refractivity (Wildman–Crippen MR) is 97.4 cm³/mol. The van der Waals surface area contributed by atoms with Crippen LogP contribution in [0.15, 0.2) is 60.9 Å². The van der Waals surface area contributed by atoms with Gasteiger partial charge >= 0.3 is 0 Å². The molecule has 0 aliphatic heterocycles. The van der Waals surface area contributed by atoms with Crippen molar-refractivity contribution in [2.75, 3.05) is 0 Å². The fourth-order valence-corrected chi connectivity index (χ4v) is 3.65. The number of hydrogen-bond donors (Lipinski definition) is 1. The average molecular weight is 317 g/mol. The van der Waals surface area contributed by atoms with Crippen molar-refractivity contribution in [1.82, 2.24) is 14.9 Å². The summed E-state index contributed by atoms with van der Waals surface area (Å²) in [6.45, 7) is 2.93. The molecular weight excluding hydrogens is 294 g/mol. The normalized spacial score (nSPS) is 16.8. The third-order valence-electron chi connectivity index (χ3n) is 5.00. The van der Waals surface area contributed by atoms with Gasteiger partial charge in [0.15, 0.2) is 0 Å². The van der Waals surface area contributed by atoms with Crippen molar-refractivity contribution in [2.45, 2.75) is 38.8 Å². The lowest BCUT2D eigenvalue weighted by atomic mass is 9.88. The maximum atomic E-state index is 4.35. The van der Waals surface area contributed by atoms with Gasteiger partial charge in [0.2, 0.25) is 0 Å². The Morgan fingerprint density at radius 2 is 1.88 bits per heavy atom. The molecule has 3 aromatic rings. The quantitative estimate of drug-likeness (QED) is 0.792. The van der Waals surface area contributed by atoms with E-state index < -0.39 is 0 Å². The highest BCUT2D eigenvalue weighted by molar-refractivity contribution is 5.42. The summed E-state index contributed by atoms with van der Waals surface area (Å²) in [5.74, 6) is 1.02. The van der Waals surface area contributed by atoms with E-state index in [9.17, 15) is 0 Å². The predicted octanol–water partition coefficient (Wildman–Crippen LogP) is 3.83. The number of fused-ring (bicyclic) bond motifs is 1. The zero-order valence-corrected chi connectivity index (χ0v) is 14.1. The third kappa shape index (κ3) is 3.00. The molecule has 2 aromatic carbocycles. The highest BCUT2D eigenvalue weighted by atomic mass is 15.1. The van der Waals surface area contributed by atoms with Crippen molar-refractivity contribution >= 4 is 0 Å². The van der Waals surface area contributed by atoms with E-state index in [1.807, 2.05) is 19.3 Å². The first-order chi connectivity index (χ1) is 11.8. The number of aryl methyl sites for hydroxylation is 2. The van der Waals surface area contributed by atoms with Crippen molar-refractivity contribution in [3.63, 3.8) is 0 Å². The van der Waals surface area contributed by atoms with E-state index in [-0.39, 0.29) is 0 Å². The van der Waals surface area contributed by atoms with Crippen LogP contribution in [-0.4, -0.2) is 15.6 Å². The van der Waals surface area contributed by atoms with Crippen LogP contribution in [0.4, 0.5) is 0 Å². The topological polar surface area (TPSA) is 29.9 Å². The summed E-state index contributed by atoms with van der Waals surface area (Å²) in [6.07, 6.45) is 7.41. The van der Waals surface area contributed by atoms with Gasteiger partial charge in [-0.2, -0.15) is 0 Å². The van der Waals surface area contributed by atoms with Gasteiger partial charge in [-0.05, 0) is 48.9 Å². The lowest BCUT2D eigenvalue weighted by molar-refractivity contribution is 0.457. The van der Waals surface area contributed by atoms with Crippen molar-refractivity contribution < 1.29 is 0 Å². The molecule has 0 amide bonds. The lowest BCUT2D eigenvalue weighted by Gasteiger charge is -2.26. The zero-order chi connectivity index (χ0) is 16.4. The molecule has 1 aromatic heterocycles. The first kappa shape index (κ1) is 15.2. The van der Waals surface area contributed by atoms with E-state index in [4.69, 9.17) is 0 Å². The largest absolute Gasteiger partial charge is 0.310 e. The summed E-state index contributed by atoms with van der Waals surface area (Å²) >= 11 is 0. The Morgan fingerprint density at radius 3 is 2.71 bits per heavy atom. The van der Waals surface area contributed by atoms with E-state index in [2.05, 4.69) is 63.4 Å².